The summed E-state index contributed by atoms with van der Waals surface area (Å²) in [5.74, 6) is 1.52. The smallest absolute Gasteiger partial charge is 0.178 e. The van der Waals surface area contributed by atoms with E-state index in [2.05, 4.69) is 38.1 Å². The van der Waals surface area contributed by atoms with Crippen molar-refractivity contribution in [1.82, 2.24) is 0 Å². The van der Waals surface area contributed by atoms with E-state index in [1.165, 1.54) is 191 Å². The molecular weight excluding hydrogens is 560 g/mol. The van der Waals surface area contributed by atoms with E-state index in [-0.39, 0.29) is 0 Å². The fourth-order valence-corrected chi connectivity index (χ4v) is 6.57. The number of rotatable bonds is 33. The molecule has 46 heavy (non-hydrogen) atoms. The SMILES string of the molecule is CCCCCCCCCCCCCCCCc1ccc(OOc2ccc(CCCCCCCCCCCCCCCC)cc2)cc1. The van der Waals surface area contributed by atoms with Crippen molar-refractivity contribution >= 4 is 0 Å². The zero-order valence-electron chi connectivity index (χ0n) is 30.6. The second-order valence-corrected chi connectivity index (χ2v) is 14.1. The minimum atomic E-state index is 0.760. The Hall–Kier alpha value is -1.96. The second kappa shape index (κ2) is 30.4. The van der Waals surface area contributed by atoms with Gasteiger partial charge in [0.15, 0.2) is 11.5 Å². The molecule has 0 spiro atoms. The second-order valence-electron chi connectivity index (χ2n) is 14.1. The zero-order chi connectivity index (χ0) is 32.6. The molecule has 0 saturated heterocycles. The molecule has 2 heteroatoms. The Morgan fingerprint density at radius 3 is 0.739 bits per heavy atom. The molecule has 0 fully saturated rings. The Kier molecular flexibility index (Phi) is 26.6. The third kappa shape index (κ3) is 23.4. The minimum Gasteiger partial charge on any atom is -0.290 e. The van der Waals surface area contributed by atoms with E-state index < -0.39 is 0 Å². The molecule has 0 aliphatic heterocycles. The zero-order valence-corrected chi connectivity index (χ0v) is 30.6. The highest BCUT2D eigenvalue weighted by molar-refractivity contribution is 5.29. The van der Waals surface area contributed by atoms with Gasteiger partial charge in [0.2, 0.25) is 0 Å². The van der Waals surface area contributed by atoms with E-state index in [9.17, 15) is 0 Å². The molecule has 2 aromatic carbocycles. The van der Waals surface area contributed by atoms with Gasteiger partial charge >= 0.3 is 0 Å². The van der Waals surface area contributed by atoms with Crippen LogP contribution in [0.4, 0.5) is 0 Å². The normalized spacial score (nSPS) is 11.3. The van der Waals surface area contributed by atoms with Crippen molar-refractivity contribution in [3.8, 4) is 11.5 Å². The summed E-state index contributed by atoms with van der Waals surface area (Å²) in [7, 11) is 0. The molecule has 2 rings (SSSR count). The predicted octanol–water partition coefficient (Wildman–Crippen LogP) is 15.1. The molecule has 0 atom stereocenters. The quantitative estimate of drug-likeness (QED) is 0.0442. The molecule has 0 radical (unpaired) electrons. The fraction of sp³-hybridized carbons (Fsp3) is 0.727. The first-order chi connectivity index (χ1) is 22.8. The lowest BCUT2D eigenvalue weighted by Crippen LogP contribution is -2.00. The molecule has 2 nitrogen and oxygen atoms in total. The average Bonchev–Trinajstić information content (AvgIpc) is 3.08. The molecule has 0 aromatic heterocycles. The lowest BCUT2D eigenvalue weighted by atomic mass is 10.0. The van der Waals surface area contributed by atoms with Gasteiger partial charge in [0.1, 0.15) is 0 Å². The van der Waals surface area contributed by atoms with Crippen LogP contribution in [0.1, 0.15) is 205 Å². The van der Waals surface area contributed by atoms with Crippen molar-refractivity contribution in [2.45, 2.75) is 206 Å². The summed E-state index contributed by atoms with van der Waals surface area (Å²) in [6.45, 7) is 4.59. The van der Waals surface area contributed by atoms with Crippen LogP contribution in [0.5, 0.6) is 11.5 Å². The van der Waals surface area contributed by atoms with E-state index in [0.29, 0.717) is 0 Å². The van der Waals surface area contributed by atoms with Crippen LogP contribution in [0, 0.1) is 0 Å². The molecule has 262 valence electrons. The van der Waals surface area contributed by atoms with Gasteiger partial charge < -0.3 is 0 Å². The predicted molar refractivity (Wildman–Crippen MR) is 202 cm³/mol. The van der Waals surface area contributed by atoms with Gasteiger partial charge in [-0.15, -0.1) is 0 Å². The standard InChI is InChI=1S/C44H74O2/c1-3-5-7-9-11-13-15-17-19-21-23-25-27-29-31-41-33-37-43(38-34-41)45-46-44-39-35-42(36-40-44)32-30-28-26-24-22-20-18-16-14-12-10-8-6-4-2/h33-40H,3-32H2,1-2H3. The molecule has 2 aromatic rings. The molecule has 0 amide bonds. The highest BCUT2D eigenvalue weighted by Crippen LogP contribution is 2.20. The van der Waals surface area contributed by atoms with E-state index in [4.69, 9.17) is 9.78 Å². The molecule has 0 heterocycles. The summed E-state index contributed by atoms with van der Waals surface area (Å²) in [6.07, 6.45) is 41.7. The van der Waals surface area contributed by atoms with Gasteiger partial charge in [-0.25, -0.2) is 0 Å². The Bertz CT molecular complexity index is 812. The molecule has 0 bridgehead atoms. The minimum absolute atomic E-state index is 0.760. The van der Waals surface area contributed by atoms with Crippen LogP contribution < -0.4 is 9.78 Å². The van der Waals surface area contributed by atoms with Crippen LogP contribution >= 0.6 is 0 Å². The van der Waals surface area contributed by atoms with E-state index in [1.54, 1.807) is 0 Å². The number of unbranched alkanes of at least 4 members (excludes halogenated alkanes) is 26. The molecule has 0 saturated carbocycles. The van der Waals surface area contributed by atoms with Crippen molar-refractivity contribution in [2.24, 2.45) is 0 Å². The van der Waals surface area contributed by atoms with E-state index >= 15 is 0 Å². The summed E-state index contributed by atoms with van der Waals surface area (Å²) in [6, 6.07) is 16.8. The van der Waals surface area contributed by atoms with Gasteiger partial charge in [-0.1, -0.05) is 205 Å². The van der Waals surface area contributed by atoms with Crippen LogP contribution in [0.15, 0.2) is 48.5 Å². The maximum Gasteiger partial charge on any atom is 0.178 e. The van der Waals surface area contributed by atoms with Crippen molar-refractivity contribution in [3.05, 3.63) is 59.7 Å². The Morgan fingerprint density at radius 2 is 0.500 bits per heavy atom. The first-order valence-electron chi connectivity index (χ1n) is 20.3. The van der Waals surface area contributed by atoms with Crippen molar-refractivity contribution in [2.75, 3.05) is 0 Å². The van der Waals surface area contributed by atoms with E-state index in [1.807, 2.05) is 24.3 Å². The van der Waals surface area contributed by atoms with Gasteiger partial charge in [0, 0.05) is 0 Å². The summed E-state index contributed by atoms with van der Waals surface area (Å²) in [4.78, 5) is 11.2. The fourth-order valence-electron chi connectivity index (χ4n) is 6.57. The molecule has 0 unspecified atom stereocenters. The molecule has 0 N–H and O–H groups in total. The van der Waals surface area contributed by atoms with Gasteiger partial charge in [-0.3, -0.25) is 9.78 Å². The van der Waals surface area contributed by atoms with Gasteiger partial charge in [-0.2, -0.15) is 0 Å². The molecule has 0 aliphatic rings. The number of benzene rings is 2. The Balaban J connectivity index is 1.40. The molecule has 0 aliphatic carbocycles. The Morgan fingerprint density at radius 1 is 0.283 bits per heavy atom. The van der Waals surface area contributed by atoms with Crippen LogP contribution in [-0.4, -0.2) is 0 Å². The lowest BCUT2D eigenvalue weighted by Gasteiger charge is -2.08. The summed E-state index contributed by atoms with van der Waals surface area (Å²) in [5.41, 5.74) is 2.78. The van der Waals surface area contributed by atoms with Crippen LogP contribution in [0.25, 0.3) is 0 Å². The summed E-state index contributed by atoms with van der Waals surface area (Å²) >= 11 is 0. The Labute approximate surface area is 286 Å². The average molecular weight is 635 g/mol. The van der Waals surface area contributed by atoms with Crippen LogP contribution in [0.2, 0.25) is 0 Å². The van der Waals surface area contributed by atoms with Crippen molar-refractivity contribution in [3.63, 3.8) is 0 Å². The largest absolute Gasteiger partial charge is 0.290 e. The summed E-state index contributed by atoms with van der Waals surface area (Å²) < 4.78 is 0. The van der Waals surface area contributed by atoms with Crippen LogP contribution in [-0.2, 0) is 12.8 Å². The van der Waals surface area contributed by atoms with Crippen molar-refractivity contribution < 1.29 is 9.78 Å². The number of hydrogen-bond acceptors (Lipinski definition) is 2. The first kappa shape index (κ1) is 40.2. The summed E-state index contributed by atoms with van der Waals surface area (Å²) in [5, 5.41) is 0. The lowest BCUT2D eigenvalue weighted by molar-refractivity contribution is -0.0999. The highest BCUT2D eigenvalue weighted by atomic mass is 17.2. The topological polar surface area (TPSA) is 18.5 Å². The van der Waals surface area contributed by atoms with E-state index in [0.717, 1.165) is 24.3 Å². The monoisotopic (exact) mass is 635 g/mol. The van der Waals surface area contributed by atoms with Crippen molar-refractivity contribution in [1.29, 1.82) is 0 Å². The highest BCUT2D eigenvalue weighted by Gasteiger charge is 2.02. The number of aryl methyl sites for hydroxylation is 2. The maximum atomic E-state index is 5.60. The van der Waals surface area contributed by atoms with Gasteiger partial charge in [-0.05, 0) is 61.1 Å². The third-order valence-corrected chi connectivity index (χ3v) is 9.72. The first-order valence-corrected chi connectivity index (χ1v) is 20.3. The number of hydrogen-bond donors (Lipinski definition) is 0. The molecular formula is C44H74O2. The van der Waals surface area contributed by atoms with Gasteiger partial charge in [0.25, 0.3) is 0 Å². The maximum absolute atomic E-state index is 5.60. The van der Waals surface area contributed by atoms with Gasteiger partial charge in [0.05, 0.1) is 0 Å². The third-order valence-electron chi connectivity index (χ3n) is 9.72. The van der Waals surface area contributed by atoms with Crippen LogP contribution in [0.3, 0.4) is 0 Å².